The molecule has 0 bridgehead atoms. The van der Waals surface area contributed by atoms with Crippen molar-refractivity contribution in [3.8, 4) is 11.5 Å². The molecule has 12 heavy (non-hydrogen) atoms. The third-order valence-corrected chi connectivity index (χ3v) is 1.57. The normalized spacial score (nSPS) is 13.0. The van der Waals surface area contributed by atoms with Crippen LogP contribution < -0.4 is 9.47 Å². The molecule has 0 N–H and O–H groups in total. The van der Waals surface area contributed by atoms with E-state index in [1.165, 1.54) is 6.07 Å². The fourth-order valence-corrected chi connectivity index (χ4v) is 1.06. The monoisotopic (exact) mass is 167 g/mol. The first kappa shape index (κ1) is 6.90. The third kappa shape index (κ3) is 0.868. The Morgan fingerprint density at radius 2 is 2.25 bits per heavy atom. The van der Waals surface area contributed by atoms with Crippen LogP contribution in [0.3, 0.4) is 0 Å². The van der Waals surface area contributed by atoms with E-state index in [0.717, 1.165) is 0 Å². The molecule has 0 aromatic heterocycles. The van der Waals surface area contributed by atoms with E-state index in [0.29, 0.717) is 5.75 Å². The van der Waals surface area contributed by atoms with Crippen LogP contribution in [0.5, 0.6) is 11.5 Å². The average Bonchev–Trinajstić information content (AvgIpc) is 2.49. The molecule has 0 saturated heterocycles. The van der Waals surface area contributed by atoms with Gasteiger partial charge in [0, 0.05) is 6.07 Å². The van der Waals surface area contributed by atoms with Gasteiger partial charge in [-0.15, -0.1) is 0 Å². The lowest BCUT2D eigenvalue weighted by molar-refractivity contribution is -0.385. The molecule has 1 heterocycles. The van der Waals surface area contributed by atoms with Gasteiger partial charge in [-0.05, 0) is 6.07 Å². The molecule has 0 aliphatic carbocycles. The van der Waals surface area contributed by atoms with Gasteiger partial charge in [0.1, 0.15) is 0 Å². The van der Waals surface area contributed by atoms with Crippen molar-refractivity contribution in [2.24, 2.45) is 0 Å². The highest BCUT2D eigenvalue weighted by molar-refractivity contribution is 5.56. The van der Waals surface area contributed by atoms with E-state index >= 15 is 0 Å². The lowest BCUT2D eigenvalue weighted by Crippen LogP contribution is -1.94. The highest BCUT2D eigenvalue weighted by atomic mass is 16.7. The Kier molecular flexibility index (Phi) is 1.36. The Labute approximate surface area is 67.7 Å². The number of ether oxygens (including phenoxy) is 2. The number of para-hydroxylation sites is 1. The molecule has 1 aromatic carbocycles. The second kappa shape index (κ2) is 2.37. The highest BCUT2D eigenvalue weighted by Crippen LogP contribution is 2.39. The van der Waals surface area contributed by atoms with Gasteiger partial charge in [0.05, 0.1) is 4.92 Å². The number of nitrogens with zero attached hydrogens (tertiary/aromatic N) is 1. The first-order chi connectivity index (χ1) is 5.79. The maximum atomic E-state index is 10.4. The van der Waals surface area contributed by atoms with Gasteiger partial charge in [0.25, 0.3) is 0 Å². The molecule has 1 aliphatic rings. The topological polar surface area (TPSA) is 61.6 Å². The van der Waals surface area contributed by atoms with Gasteiger partial charge in [-0.2, -0.15) is 0 Å². The largest absolute Gasteiger partial charge is 0.453 e. The molecule has 0 spiro atoms. The van der Waals surface area contributed by atoms with Crippen LogP contribution in [0.25, 0.3) is 0 Å². The van der Waals surface area contributed by atoms with Crippen molar-refractivity contribution in [3.05, 3.63) is 28.3 Å². The minimum atomic E-state index is -0.493. The molecular formula is C7H5NO4. The van der Waals surface area contributed by atoms with E-state index < -0.39 is 4.92 Å². The van der Waals surface area contributed by atoms with E-state index in [9.17, 15) is 10.1 Å². The number of fused-ring (bicyclic) bond motifs is 1. The lowest BCUT2D eigenvalue weighted by Gasteiger charge is -1.95. The van der Waals surface area contributed by atoms with Crippen molar-refractivity contribution in [2.75, 3.05) is 6.79 Å². The first-order valence-corrected chi connectivity index (χ1v) is 3.32. The Balaban J connectivity index is 2.56. The minimum Gasteiger partial charge on any atom is -0.453 e. The smallest absolute Gasteiger partial charge is 0.314 e. The molecule has 1 aromatic rings. The zero-order valence-electron chi connectivity index (χ0n) is 6.02. The van der Waals surface area contributed by atoms with Crippen molar-refractivity contribution in [3.63, 3.8) is 0 Å². The number of hydrogen-bond acceptors (Lipinski definition) is 4. The molecular weight excluding hydrogens is 162 g/mol. The van der Waals surface area contributed by atoms with Gasteiger partial charge < -0.3 is 9.47 Å². The molecule has 0 fully saturated rings. The SMILES string of the molecule is O=[N+]([O-])c1cccc2c1OCO2. The van der Waals surface area contributed by atoms with Crippen LogP contribution in [0, 0.1) is 10.1 Å². The first-order valence-electron chi connectivity index (χ1n) is 3.32. The summed E-state index contributed by atoms with van der Waals surface area (Å²) in [6, 6.07) is 4.58. The van der Waals surface area contributed by atoms with Crippen molar-refractivity contribution in [1.29, 1.82) is 0 Å². The van der Waals surface area contributed by atoms with Gasteiger partial charge in [-0.3, -0.25) is 10.1 Å². The van der Waals surface area contributed by atoms with Crippen LogP contribution in [0.2, 0.25) is 0 Å². The zero-order chi connectivity index (χ0) is 8.55. The summed E-state index contributed by atoms with van der Waals surface area (Å²) in [6.07, 6.45) is 0. The van der Waals surface area contributed by atoms with Crippen LogP contribution in [-0.2, 0) is 0 Å². The van der Waals surface area contributed by atoms with Crippen LogP contribution in [-0.4, -0.2) is 11.7 Å². The van der Waals surface area contributed by atoms with Crippen LogP contribution in [0.4, 0.5) is 5.69 Å². The van der Waals surface area contributed by atoms with Gasteiger partial charge in [-0.1, -0.05) is 6.07 Å². The maximum Gasteiger partial charge on any atom is 0.314 e. The molecule has 5 nitrogen and oxygen atoms in total. The van der Waals surface area contributed by atoms with E-state index in [1.807, 2.05) is 0 Å². The number of nitro benzene ring substituents is 1. The van der Waals surface area contributed by atoms with Crippen molar-refractivity contribution < 1.29 is 14.4 Å². The van der Waals surface area contributed by atoms with Gasteiger partial charge in [0.2, 0.25) is 12.5 Å². The second-order valence-electron chi connectivity index (χ2n) is 2.27. The number of nitro groups is 1. The molecule has 2 rings (SSSR count). The van der Waals surface area contributed by atoms with Gasteiger partial charge in [-0.25, -0.2) is 0 Å². The number of rotatable bonds is 1. The van der Waals surface area contributed by atoms with Gasteiger partial charge >= 0.3 is 5.69 Å². The fourth-order valence-electron chi connectivity index (χ4n) is 1.06. The summed E-state index contributed by atoms with van der Waals surface area (Å²) in [4.78, 5) is 9.94. The Morgan fingerprint density at radius 1 is 1.42 bits per heavy atom. The quantitative estimate of drug-likeness (QED) is 0.467. The molecule has 62 valence electrons. The van der Waals surface area contributed by atoms with Crippen LogP contribution >= 0.6 is 0 Å². The summed E-state index contributed by atoms with van der Waals surface area (Å²) in [5.74, 6) is 0.659. The molecule has 0 atom stereocenters. The number of hydrogen-bond donors (Lipinski definition) is 0. The number of benzene rings is 1. The van der Waals surface area contributed by atoms with Crippen molar-refractivity contribution in [2.45, 2.75) is 0 Å². The second-order valence-corrected chi connectivity index (χ2v) is 2.27. The fraction of sp³-hybridized carbons (Fsp3) is 0.143. The van der Waals surface area contributed by atoms with Crippen molar-refractivity contribution in [1.82, 2.24) is 0 Å². The predicted octanol–water partition coefficient (Wildman–Crippen LogP) is 1.32. The van der Waals surface area contributed by atoms with E-state index in [-0.39, 0.29) is 18.2 Å². The van der Waals surface area contributed by atoms with Crippen LogP contribution in [0.1, 0.15) is 0 Å². The van der Waals surface area contributed by atoms with E-state index in [1.54, 1.807) is 12.1 Å². The summed E-state index contributed by atoms with van der Waals surface area (Å²) >= 11 is 0. The average molecular weight is 167 g/mol. The lowest BCUT2D eigenvalue weighted by atomic mass is 10.3. The maximum absolute atomic E-state index is 10.4. The molecule has 0 saturated carbocycles. The minimum absolute atomic E-state index is 0.0509. The summed E-state index contributed by atoms with van der Waals surface area (Å²) in [7, 11) is 0. The molecule has 5 heteroatoms. The van der Waals surface area contributed by atoms with E-state index in [4.69, 9.17) is 9.47 Å². The Bertz CT molecular complexity index is 336. The highest BCUT2D eigenvalue weighted by Gasteiger charge is 2.24. The zero-order valence-corrected chi connectivity index (χ0v) is 6.02. The third-order valence-electron chi connectivity index (χ3n) is 1.57. The molecule has 1 aliphatic heterocycles. The molecule has 0 unspecified atom stereocenters. The van der Waals surface area contributed by atoms with Crippen LogP contribution in [0.15, 0.2) is 18.2 Å². The van der Waals surface area contributed by atoms with E-state index in [2.05, 4.69) is 0 Å². The summed E-state index contributed by atoms with van der Waals surface area (Å²) in [6.45, 7) is 0.0557. The van der Waals surface area contributed by atoms with Crippen molar-refractivity contribution >= 4 is 5.69 Å². The Morgan fingerprint density at radius 3 is 3.00 bits per heavy atom. The molecule has 0 radical (unpaired) electrons. The summed E-state index contributed by atoms with van der Waals surface area (Å²) in [5, 5.41) is 10.4. The van der Waals surface area contributed by atoms with Gasteiger partial charge in [0.15, 0.2) is 5.75 Å². The standard InChI is InChI=1S/C7H5NO4/c9-8(10)5-2-1-3-6-7(5)12-4-11-6/h1-3H,4H2. The molecule has 0 amide bonds. The Hall–Kier alpha value is -1.78. The summed E-state index contributed by atoms with van der Waals surface area (Å²) < 4.78 is 9.89. The summed E-state index contributed by atoms with van der Waals surface area (Å²) in [5.41, 5.74) is -0.0509. The predicted molar refractivity (Wildman–Crippen MR) is 39.2 cm³/mol.